The minimum Gasteiger partial charge on any atom is -0.477 e. The lowest BCUT2D eigenvalue weighted by Crippen LogP contribution is -2.27. The molecular weight excluding hydrogens is 404 g/mol. The van der Waals surface area contributed by atoms with Crippen molar-refractivity contribution in [2.45, 2.75) is 25.8 Å². The van der Waals surface area contributed by atoms with Crippen LogP contribution in [0.15, 0.2) is 60.7 Å². The monoisotopic (exact) mass is 428 g/mol. The quantitative estimate of drug-likeness (QED) is 0.480. The number of carboxylic acid groups (broad SMARTS) is 1. The first kappa shape index (κ1) is 20.2. The molecule has 4 aromatic rings. The lowest BCUT2D eigenvalue weighted by Gasteiger charge is -2.24. The lowest BCUT2D eigenvalue weighted by atomic mass is 10.0. The normalized spacial score (nSPS) is 14.5. The summed E-state index contributed by atoms with van der Waals surface area (Å²) in [5.41, 5.74) is 4.94. The molecule has 7 nitrogen and oxygen atoms in total. The van der Waals surface area contributed by atoms with Crippen molar-refractivity contribution in [1.29, 1.82) is 0 Å². The van der Waals surface area contributed by atoms with Crippen molar-refractivity contribution in [3.8, 4) is 16.8 Å². The molecule has 2 aromatic heterocycles. The first-order valence-electron chi connectivity index (χ1n) is 10.7. The highest BCUT2D eigenvalue weighted by atomic mass is 16.5. The van der Waals surface area contributed by atoms with Gasteiger partial charge in [-0.25, -0.2) is 14.5 Å². The molecule has 1 aliphatic heterocycles. The largest absolute Gasteiger partial charge is 0.477 e. The Bertz CT molecular complexity index is 1260. The molecule has 2 aromatic carbocycles. The van der Waals surface area contributed by atoms with Gasteiger partial charge in [0.2, 0.25) is 0 Å². The highest BCUT2D eigenvalue weighted by Crippen LogP contribution is 2.33. The summed E-state index contributed by atoms with van der Waals surface area (Å²) in [6, 6.07) is 19.8. The molecule has 5 rings (SSSR count). The van der Waals surface area contributed by atoms with Crippen molar-refractivity contribution in [2.24, 2.45) is 0 Å². The van der Waals surface area contributed by atoms with Gasteiger partial charge in [-0.2, -0.15) is 5.10 Å². The zero-order valence-electron chi connectivity index (χ0n) is 17.8. The Hall–Kier alpha value is -3.71. The van der Waals surface area contributed by atoms with Crippen LogP contribution in [0.2, 0.25) is 0 Å². The third-order valence-electron chi connectivity index (χ3n) is 5.82. The minimum atomic E-state index is -1.07. The van der Waals surface area contributed by atoms with Gasteiger partial charge in [0.05, 0.1) is 16.8 Å². The number of fused-ring (bicyclic) bond motifs is 1. The Labute approximate surface area is 185 Å². The van der Waals surface area contributed by atoms with Gasteiger partial charge in [-0.05, 0) is 61.2 Å². The van der Waals surface area contributed by atoms with Crippen LogP contribution in [-0.4, -0.2) is 45.1 Å². The van der Waals surface area contributed by atoms with Crippen LogP contribution in [0.5, 0.6) is 0 Å². The molecule has 162 valence electrons. The Morgan fingerprint density at radius 1 is 1.09 bits per heavy atom. The molecule has 7 heteroatoms. The van der Waals surface area contributed by atoms with Crippen molar-refractivity contribution in [3.63, 3.8) is 0 Å². The molecule has 32 heavy (non-hydrogen) atoms. The zero-order chi connectivity index (χ0) is 22.1. The fraction of sp³-hybridized carbons (Fsp3) is 0.240. The van der Waals surface area contributed by atoms with Crippen molar-refractivity contribution in [1.82, 2.24) is 14.8 Å². The maximum Gasteiger partial charge on any atom is 0.354 e. The third kappa shape index (κ3) is 3.83. The molecule has 3 heterocycles. The van der Waals surface area contributed by atoms with Gasteiger partial charge in [-0.1, -0.05) is 30.3 Å². The number of aryl methyl sites for hydroxylation is 1. The van der Waals surface area contributed by atoms with Crippen LogP contribution >= 0.6 is 0 Å². The Kier molecular flexibility index (Phi) is 5.33. The maximum atomic E-state index is 11.8. The van der Waals surface area contributed by atoms with E-state index in [0.717, 1.165) is 59.6 Å². The summed E-state index contributed by atoms with van der Waals surface area (Å²) in [6.45, 7) is 3.50. The van der Waals surface area contributed by atoms with Gasteiger partial charge in [-0.3, -0.25) is 0 Å². The van der Waals surface area contributed by atoms with E-state index in [1.54, 1.807) is 10.7 Å². The summed E-state index contributed by atoms with van der Waals surface area (Å²) in [6.07, 6.45) is 1.99. The second-order valence-electron chi connectivity index (χ2n) is 8.00. The van der Waals surface area contributed by atoms with E-state index in [2.05, 4.69) is 15.4 Å². The fourth-order valence-electron chi connectivity index (χ4n) is 4.20. The number of nitrogens with one attached hydrogen (secondary N) is 1. The molecule has 0 saturated carbocycles. The van der Waals surface area contributed by atoms with Crippen molar-refractivity contribution in [2.75, 3.05) is 18.5 Å². The van der Waals surface area contributed by atoms with Gasteiger partial charge < -0.3 is 15.2 Å². The lowest BCUT2D eigenvalue weighted by molar-refractivity contribution is 0.0691. The van der Waals surface area contributed by atoms with Gasteiger partial charge in [0.1, 0.15) is 0 Å². The molecule has 0 aliphatic carbocycles. The summed E-state index contributed by atoms with van der Waals surface area (Å²) in [5.74, 6) is -1.07. The maximum absolute atomic E-state index is 11.8. The molecule has 0 spiro atoms. The second-order valence-corrected chi connectivity index (χ2v) is 8.00. The molecule has 1 fully saturated rings. The predicted octanol–water partition coefficient (Wildman–Crippen LogP) is 4.69. The number of carboxylic acids is 1. The van der Waals surface area contributed by atoms with E-state index in [0.29, 0.717) is 11.7 Å². The SMILES string of the molecule is Cc1nn(-c2ccccc2)c2nc(C(=O)O)cc(-c3ccc(NC4CCOCC4)cc3)c12. The molecular formula is C25H24N4O3. The number of para-hydroxylation sites is 1. The number of aromatic nitrogens is 3. The fourth-order valence-corrected chi connectivity index (χ4v) is 4.20. The van der Waals surface area contributed by atoms with Crippen LogP contribution in [0.25, 0.3) is 27.8 Å². The van der Waals surface area contributed by atoms with E-state index in [1.807, 2.05) is 61.5 Å². The summed E-state index contributed by atoms with van der Waals surface area (Å²) in [4.78, 5) is 16.3. The Morgan fingerprint density at radius 3 is 2.50 bits per heavy atom. The van der Waals surface area contributed by atoms with Crippen LogP contribution in [-0.2, 0) is 4.74 Å². The topological polar surface area (TPSA) is 89.3 Å². The average molecular weight is 428 g/mol. The van der Waals surface area contributed by atoms with Crippen molar-refractivity contribution < 1.29 is 14.6 Å². The second kappa shape index (κ2) is 8.43. The molecule has 0 atom stereocenters. The number of benzene rings is 2. The van der Waals surface area contributed by atoms with E-state index in [-0.39, 0.29) is 5.69 Å². The van der Waals surface area contributed by atoms with E-state index >= 15 is 0 Å². The number of pyridine rings is 1. The van der Waals surface area contributed by atoms with E-state index in [9.17, 15) is 9.90 Å². The molecule has 0 bridgehead atoms. The molecule has 2 N–H and O–H groups in total. The van der Waals surface area contributed by atoms with Crippen LogP contribution in [0.3, 0.4) is 0 Å². The zero-order valence-corrected chi connectivity index (χ0v) is 17.8. The van der Waals surface area contributed by atoms with Crippen molar-refractivity contribution >= 4 is 22.7 Å². The van der Waals surface area contributed by atoms with Gasteiger partial charge >= 0.3 is 5.97 Å². The first-order valence-corrected chi connectivity index (χ1v) is 10.7. The number of hydrogen-bond donors (Lipinski definition) is 2. The average Bonchev–Trinajstić information content (AvgIpc) is 3.17. The highest BCUT2D eigenvalue weighted by Gasteiger charge is 2.20. The van der Waals surface area contributed by atoms with Crippen LogP contribution in [0.4, 0.5) is 5.69 Å². The molecule has 0 amide bonds. The number of carbonyl (C=O) groups is 1. The van der Waals surface area contributed by atoms with Crippen molar-refractivity contribution in [3.05, 3.63) is 72.1 Å². The summed E-state index contributed by atoms with van der Waals surface area (Å²) in [5, 5.41) is 18.8. The number of hydrogen-bond acceptors (Lipinski definition) is 5. The number of nitrogens with zero attached hydrogens (tertiary/aromatic N) is 3. The summed E-state index contributed by atoms with van der Waals surface area (Å²) in [7, 11) is 0. The Morgan fingerprint density at radius 2 is 1.81 bits per heavy atom. The Balaban J connectivity index is 1.58. The molecule has 0 radical (unpaired) electrons. The molecule has 1 saturated heterocycles. The van der Waals surface area contributed by atoms with Crippen LogP contribution in [0, 0.1) is 6.92 Å². The smallest absolute Gasteiger partial charge is 0.354 e. The minimum absolute atomic E-state index is 0.00557. The van der Waals surface area contributed by atoms with Gasteiger partial charge in [0.25, 0.3) is 0 Å². The number of anilines is 1. The van der Waals surface area contributed by atoms with Gasteiger partial charge in [0.15, 0.2) is 11.3 Å². The summed E-state index contributed by atoms with van der Waals surface area (Å²) < 4.78 is 7.14. The highest BCUT2D eigenvalue weighted by molar-refractivity contribution is 6.00. The number of rotatable bonds is 5. The first-order chi connectivity index (χ1) is 15.6. The van der Waals surface area contributed by atoms with Gasteiger partial charge in [-0.15, -0.1) is 0 Å². The molecule has 0 unspecified atom stereocenters. The van der Waals surface area contributed by atoms with Crippen LogP contribution in [0.1, 0.15) is 29.0 Å². The predicted molar refractivity (Wildman–Crippen MR) is 123 cm³/mol. The van der Waals surface area contributed by atoms with E-state index < -0.39 is 5.97 Å². The summed E-state index contributed by atoms with van der Waals surface area (Å²) >= 11 is 0. The van der Waals surface area contributed by atoms with E-state index in [1.165, 1.54) is 0 Å². The van der Waals surface area contributed by atoms with E-state index in [4.69, 9.17) is 4.74 Å². The van der Waals surface area contributed by atoms with Gasteiger partial charge in [0, 0.05) is 24.9 Å². The third-order valence-corrected chi connectivity index (χ3v) is 5.82. The number of aromatic carboxylic acids is 1. The standard InChI is InChI=1S/C25H24N4O3/c1-16-23-21(17-7-9-18(10-8-17)26-19-11-13-32-14-12-19)15-22(25(30)31)27-24(23)29(28-16)20-5-3-2-4-6-20/h2-10,15,19,26H,11-14H2,1H3,(H,30,31). The molecule has 1 aliphatic rings. The van der Waals surface area contributed by atoms with Crippen LogP contribution < -0.4 is 5.32 Å². The number of ether oxygens (including phenoxy) is 1.